The highest BCUT2D eigenvalue weighted by Crippen LogP contribution is 2.28. The summed E-state index contributed by atoms with van der Waals surface area (Å²) in [4.78, 5) is 13.6. The van der Waals surface area contributed by atoms with E-state index >= 15 is 0 Å². The average molecular weight is 241 g/mol. The van der Waals surface area contributed by atoms with Crippen molar-refractivity contribution < 1.29 is 9.53 Å². The van der Waals surface area contributed by atoms with Crippen molar-refractivity contribution in [2.24, 2.45) is 5.84 Å². The van der Waals surface area contributed by atoms with Gasteiger partial charge in [0.1, 0.15) is 0 Å². The Kier molecular flexibility index (Phi) is 4.76. The van der Waals surface area contributed by atoms with Gasteiger partial charge in [-0.3, -0.25) is 15.1 Å². The van der Waals surface area contributed by atoms with Crippen LogP contribution in [0.5, 0.6) is 0 Å². The van der Waals surface area contributed by atoms with Crippen molar-refractivity contribution in [3.8, 4) is 0 Å². The molecule has 2 aliphatic rings. The molecular weight excluding hydrogens is 218 g/mol. The number of hydrogen-bond donors (Lipinski definition) is 2. The lowest BCUT2D eigenvalue weighted by Gasteiger charge is -2.43. The maximum absolute atomic E-state index is 11.1. The maximum atomic E-state index is 11.1. The van der Waals surface area contributed by atoms with E-state index in [0.29, 0.717) is 18.6 Å². The molecule has 1 heterocycles. The first kappa shape index (κ1) is 12.8. The Balaban J connectivity index is 1.76. The monoisotopic (exact) mass is 241 g/mol. The zero-order valence-electron chi connectivity index (χ0n) is 10.4. The number of rotatable bonds is 4. The van der Waals surface area contributed by atoms with Crippen LogP contribution >= 0.6 is 0 Å². The van der Waals surface area contributed by atoms with Crippen LogP contribution in [0.25, 0.3) is 0 Å². The van der Waals surface area contributed by atoms with Crippen molar-refractivity contribution in [2.75, 3.05) is 19.7 Å². The van der Waals surface area contributed by atoms with Crippen LogP contribution in [0, 0.1) is 0 Å². The Morgan fingerprint density at radius 1 is 1.41 bits per heavy atom. The topological polar surface area (TPSA) is 67.6 Å². The summed E-state index contributed by atoms with van der Waals surface area (Å²) >= 11 is 0. The van der Waals surface area contributed by atoms with E-state index in [1.165, 1.54) is 25.7 Å². The number of nitrogens with two attached hydrogens (primary N) is 1. The molecule has 1 saturated heterocycles. The summed E-state index contributed by atoms with van der Waals surface area (Å²) in [6.07, 6.45) is 6.88. The number of hydrogen-bond acceptors (Lipinski definition) is 4. The van der Waals surface area contributed by atoms with Gasteiger partial charge in [0, 0.05) is 19.0 Å². The molecule has 1 amide bonds. The van der Waals surface area contributed by atoms with E-state index in [4.69, 9.17) is 10.6 Å². The molecule has 98 valence electrons. The maximum Gasteiger partial charge on any atom is 0.233 e. The van der Waals surface area contributed by atoms with Crippen molar-refractivity contribution in [3.05, 3.63) is 0 Å². The van der Waals surface area contributed by atoms with E-state index in [2.05, 4.69) is 10.3 Å². The summed E-state index contributed by atoms with van der Waals surface area (Å²) in [5.74, 6) is 4.99. The van der Waals surface area contributed by atoms with Crippen molar-refractivity contribution in [3.63, 3.8) is 0 Å². The molecule has 0 aromatic heterocycles. The first-order chi connectivity index (χ1) is 8.31. The smallest absolute Gasteiger partial charge is 0.233 e. The zero-order chi connectivity index (χ0) is 12.1. The van der Waals surface area contributed by atoms with Crippen molar-refractivity contribution in [2.45, 2.75) is 50.7 Å². The average Bonchev–Trinajstić information content (AvgIpc) is 2.39. The molecule has 5 heteroatoms. The first-order valence-electron chi connectivity index (χ1n) is 6.66. The second kappa shape index (κ2) is 6.33. The van der Waals surface area contributed by atoms with E-state index in [9.17, 15) is 4.79 Å². The molecule has 0 spiro atoms. The first-order valence-corrected chi connectivity index (χ1v) is 6.66. The molecule has 17 heavy (non-hydrogen) atoms. The van der Waals surface area contributed by atoms with Gasteiger partial charge in [0.25, 0.3) is 0 Å². The van der Waals surface area contributed by atoms with E-state index in [-0.39, 0.29) is 5.91 Å². The zero-order valence-corrected chi connectivity index (χ0v) is 10.4. The molecule has 0 aromatic rings. The van der Waals surface area contributed by atoms with Gasteiger partial charge in [-0.2, -0.15) is 0 Å². The molecule has 2 rings (SSSR count). The Bertz CT molecular complexity index is 258. The third-order valence-electron chi connectivity index (χ3n) is 3.86. The molecule has 0 radical (unpaired) electrons. The summed E-state index contributed by atoms with van der Waals surface area (Å²) in [5, 5.41) is 0. The fraction of sp³-hybridized carbons (Fsp3) is 0.917. The number of carbonyl (C=O) groups excluding carboxylic acids is 1. The fourth-order valence-electron chi connectivity index (χ4n) is 2.97. The van der Waals surface area contributed by atoms with E-state index in [0.717, 1.165) is 26.1 Å². The SMILES string of the molecule is NNC(=O)CCCN1CCOC2CCCCC21. The van der Waals surface area contributed by atoms with E-state index in [1.54, 1.807) is 0 Å². The number of carbonyl (C=O) groups is 1. The quantitative estimate of drug-likeness (QED) is 0.425. The minimum atomic E-state index is -0.0709. The molecule has 2 atom stereocenters. The van der Waals surface area contributed by atoms with Gasteiger partial charge in [-0.15, -0.1) is 0 Å². The predicted molar refractivity (Wildman–Crippen MR) is 65.1 cm³/mol. The molecule has 1 aliphatic carbocycles. The van der Waals surface area contributed by atoms with Gasteiger partial charge in [0.15, 0.2) is 0 Å². The molecule has 5 nitrogen and oxygen atoms in total. The van der Waals surface area contributed by atoms with Crippen LogP contribution < -0.4 is 11.3 Å². The number of fused-ring (bicyclic) bond motifs is 1. The molecule has 1 saturated carbocycles. The second-order valence-electron chi connectivity index (χ2n) is 4.97. The Hall–Kier alpha value is -0.650. The van der Waals surface area contributed by atoms with Gasteiger partial charge in [0.2, 0.25) is 5.91 Å². The van der Waals surface area contributed by atoms with E-state index < -0.39 is 0 Å². The van der Waals surface area contributed by atoms with Crippen molar-refractivity contribution >= 4 is 5.91 Å². The largest absolute Gasteiger partial charge is 0.375 e. The fourth-order valence-corrected chi connectivity index (χ4v) is 2.97. The summed E-state index contributed by atoms with van der Waals surface area (Å²) in [6, 6.07) is 0.582. The Labute approximate surface area is 103 Å². The molecule has 2 fully saturated rings. The predicted octanol–water partition coefficient (Wildman–Crippen LogP) is 0.400. The van der Waals surface area contributed by atoms with Crippen molar-refractivity contribution in [1.82, 2.24) is 10.3 Å². The Morgan fingerprint density at radius 2 is 2.24 bits per heavy atom. The Morgan fingerprint density at radius 3 is 3.06 bits per heavy atom. The number of nitrogens with one attached hydrogen (secondary N) is 1. The molecule has 2 unspecified atom stereocenters. The third kappa shape index (κ3) is 3.40. The minimum Gasteiger partial charge on any atom is -0.375 e. The lowest BCUT2D eigenvalue weighted by molar-refractivity contribution is -0.121. The standard InChI is InChI=1S/C12H23N3O2/c13-14-12(16)6-3-7-15-8-9-17-11-5-2-1-4-10(11)15/h10-11H,1-9,13H2,(H,14,16). The van der Waals surface area contributed by atoms with Gasteiger partial charge in [-0.05, 0) is 25.8 Å². The minimum absolute atomic E-state index is 0.0709. The number of amides is 1. The number of morpholine rings is 1. The third-order valence-corrected chi connectivity index (χ3v) is 3.86. The highest BCUT2D eigenvalue weighted by molar-refractivity contribution is 5.75. The van der Waals surface area contributed by atoms with Crippen LogP contribution in [0.4, 0.5) is 0 Å². The lowest BCUT2D eigenvalue weighted by Crippen LogP contribution is -2.52. The second-order valence-corrected chi connectivity index (χ2v) is 4.97. The van der Waals surface area contributed by atoms with Crippen LogP contribution in [0.1, 0.15) is 38.5 Å². The summed E-state index contributed by atoms with van der Waals surface area (Å²) in [6.45, 7) is 2.83. The van der Waals surface area contributed by atoms with Gasteiger partial charge < -0.3 is 4.74 Å². The highest BCUT2D eigenvalue weighted by atomic mass is 16.5. The summed E-state index contributed by atoms with van der Waals surface area (Å²) in [7, 11) is 0. The molecule has 0 aromatic carbocycles. The summed E-state index contributed by atoms with van der Waals surface area (Å²) in [5.41, 5.74) is 2.18. The van der Waals surface area contributed by atoms with Crippen LogP contribution in [0.3, 0.4) is 0 Å². The van der Waals surface area contributed by atoms with Gasteiger partial charge in [0.05, 0.1) is 12.7 Å². The number of nitrogens with zero attached hydrogens (tertiary/aromatic N) is 1. The van der Waals surface area contributed by atoms with Crippen LogP contribution in [0.15, 0.2) is 0 Å². The van der Waals surface area contributed by atoms with Gasteiger partial charge in [-0.1, -0.05) is 12.8 Å². The molecule has 1 aliphatic heterocycles. The van der Waals surface area contributed by atoms with E-state index in [1.807, 2.05) is 0 Å². The van der Waals surface area contributed by atoms with Crippen LogP contribution in [-0.4, -0.2) is 42.6 Å². The lowest BCUT2D eigenvalue weighted by atomic mass is 9.90. The number of hydrazine groups is 1. The summed E-state index contributed by atoms with van der Waals surface area (Å²) < 4.78 is 5.82. The number of ether oxygens (including phenoxy) is 1. The highest BCUT2D eigenvalue weighted by Gasteiger charge is 2.33. The van der Waals surface area contributed by atoms with Gasteiger partial charge >= 0.3 is 0 Å². The van der Waals surface area contributed by atoms with Gasteiger partial charge in [-0.25, -0.2) is 5.84 Å². The van der Waals surface area contributed by atoms with Crippen LogP contribution in [0.2, 0.25) is 0 Å². The van der Waals surface area contributed by atoms with Crippen molar-refractivity contribution in [1.29, 1.82) is 0 Å². The van der Waals surface area contributed by atoms with Crippen LogP contribution in [-0.2, 0) is 9.53 Å². The molecular formula is C12H23N3O2. The molecule has 3 N–H and O–H groups in total. The normalized spacial score (nSPS) is 29.7. The molecule has 0 bridgehead atoms.